The van der Waals surface area contributed by atoms with Crippen LogP contribution in [0.4, 0.5) is 8.78 Å². The van der Waals surface area contributed by atoms with Gasteiger partial charge in [-0.15, -0.1) is 0 Å². The number of carbonyl (C=O) groups is 1. The van der Waals surface area contributed by atoms with Gasteiger partial charge in [-0.25, -0.2) is 18.7 Å². The summed E-state index contributed by atoms with van der Waals surface area (Å²) in [6.07, 6.45) is 3.81. The second-order valence-electron chi connectivity index (χ2n) is 5.35. The molecule has 0 radical (unpaired) electrons. The summed E-state index contributed by atoms with van der Waals surface area (Å²) < 4.78 is 32.2. The van der Waals surface area contributed by atoms with E-state index in [4.69, 9.17) is 4.74 Å². The molecule has 1 fully saturated rings. The highest BCUT2D eigenvalue weighted by Gasteiger charge is 2.36. The summed E-state index contributed by atoms with van der Waals surface area (Å²) in [5.74, 6) is -2.65. The van der Waals surface area contributed by atoms with Crippen molar-refractivity contribution in [3.63, 3.8) is 0 Å². The van der Waals surface area contributed by atoms with Crippen molar-refractivity contribution in [1.82, 2.24) is 15.0 Å². The smallest absolute Gasteiger partial charge is 0.248 e. The summed E-state index contributed by atoms with van der Waals surface area (Å²) in [5, 5.41) is 0.463. The normalized spacial score (nSPS) is 18.3. The number of aromatic amines is 1. The highest BCUT2D eigenvalue weighted by Crippen LogP contribution is 2.35. The summed E-state index contributed by atoms with van der Waals surface area (Å²) in [7, 11) is 0. The summed E-state index contributed by atoms with van der Waals surface area (Å²) in [6, 6.07) is 0. The first-order valence-electron chi connectivity index (χ1n) is 7.03. The number of rotatable bonds is 4. The van der Waals surface area contributed by atoms with E-state index in [9.17, 15) is 13.6 Å². The maximum atomic E-state index is 13.2. The first kappa shape index (κ1) is 14.6. The van der Waals surface area contributed by atoms with Crippen molar-refractivity contribution in [2.45, 2.75) is 37.7 Å². The number of aromatic nitrogens is 3. The molecule has 22 heavy (non-hydrogen) atoms. The van der Waals surface area contributed by atoms with E-state index < -0.39 is 5.92 Å². The quantitative estimate of drug-likeness (QED) is 0.695. The number of halogens is 2. The Labute approximate surface area is 125 Å². The van der Waals surface area contributed by atoms with Gasteiger partial charge in [-0.05, 0) is 18.9 Å². The Morgan fingerprint density at radius 1 is 1.41 bits per heavy atom. The van der Waals surface area contributed by atoms with Gasteiger partial charge in [0, 0.05) is 19.0 Å². The molecular formula is C15H15F2N3O2. The average molecular weight is 307 g/mol. The molecule has 1 aliphatic carbocycles. The Balaban J connectivity index is 1.89. The topological polar surface area (TPSA) is 67.9 Å². The lowest BCUT2D eigenvalue weighted by Crippen LogP contribution is -2.31. The largest absolute Gasteiger partial charge is 0.474 e. The van der Waals surface area contributed by atoms with Gasteiger partial charge in [-0.1, -0.05) is 6.58 Å². The van der Waals surface area contributed by atoms with Crippen LogP contribution < -0.4 is 4.74 Å². The molecule has 2 aromatic heterocycles. The number of ketones is 1. The van der Waals surface area contributed by atoms with Crippen LogP contribution in [0, 0.1) is 0 Å². The third-order valence-electron chi connectivity index (χ3n) is 3.83. The summed E-state index contributed by atoms with van der Waals surface area (Å²) in [6.45, 7) is 3.46. The second kappa shape index (κ2) is 5.47. The van der Waals surface area contributed by atoms with Crippen LogP contribution in [0.15, 0.2) is 25.2 Å². The summed E-state index contributed by atoms with van der Waals surface area (Å²) in [4.78, 5) is 22.8. The number of nitrogens with one attached hydrogen (secondary N) is 1. The third-order valence-corrected chi connectivity index (χ3v) is 3.83. The average Bonchev–Trinajstić information content (AvgIpc) is 2.94. The highest BCUT2D eigenvalue weighted by atomic mass is 19.3. The van der Waals surface area contributed by atoms with Crippen LogP contribution in [0.25, 0.3) is 11.0 Å². The maximum Gasteiger partial charge on any atom is 0.248 e. The molecule has 0 saturated heterocycles. The maximum absolute atomic E-state index is 13.2. The van der Waals surface area contributed by atoms with Crippen LogP contribution in [-0.4, -0.2) is 32.8 Å². The van der Waals surface area contributed by atoms with E-state index in [1.165, 1.54) is 18.6 Å². The summed E-state index contributed by atoms with van der Waals surface area (Å²) in [5.41, 5.74) is 0.832. The Morgan fingerprint density at radius 3 is 2.82 bits per heavy atom. The van der Waals surface area contributed by atoms with Crippen LogP contribution in [0.5, 0.6) is 5.88 Å². The molecule has 1 aliphatic rings. The number of carbonyl (C=O) groups excluding carboxylic acids is 1. The van der Waals surface area contributed by atoms with Crippen LogP contribution in [0.3, 0.4) is 0 Å². The van der Waals surface area contributed by atoms with E-state index >= 15 is 0 Å². The number of alkyl halides is 2. The zero-order chi connectivity index (χ0) is 15.7. The zero-order valence-corrected chi connectivity index (χ0v) is 11.8. The molecule has 2 aromatic rings. The van der Waals surface area contributed by atoms with Gasteiger partial charge >= 0.3 is 0 Å². The lowest BCUT2D eigenvalue weighted by atomic mass is 9.94. The van der Waals surface area contributed by atoms with Crippen LogP contribution in [0.2, 0.25) is 0 Å². The molecule has 0 amide bonds. The molecule has 2 heterocycles. The molecule has 7 heteroatoms. The van der Waals surface area contributed by atoms with Gasteiger partial charge < -0.3 is 9.72 Å². The van der Waals surface area contributed by atoms with Gasteiger partial charge in [0.15, 0.2) is 5.78 Å². The van der Waals surface area contributed by atoms with Crippen LogP contribution in [-0.2, 0) is 0 Å². The first-order valence-corrected chi connectivity index (χ1v) is 7.03. The molecule has 0 aromatic carbocycles. The third kappa shape index (κ3) is 2.70. The van der Waals surface area contributed by atoms with Gasteiger partial charge in [0.25, 0.3) is 0 Å². The van der Waals surface area contributed by atoms with Gasteiger partial charge in [0.2, 0.25) is 11.8 Å². The predicted molar refractivity (Wildman–Crippen MR) is 76.2 cm³/mol. The predicted octanol–water partition coefficient (Wildman–Crippen LogP) is 3.28. The van der Waals surface area contributed by atoms with E-state index in [1.54, 1.807) is 0 Å². The highest BCUT2D eigenvalue weighted by molar-refractivity contribution is 6.13. The Hall–Kier alpha value is -2.31. The van der Waals surface area contributed by atoms with Crippen molar-refractivity contribution in [2.75, 3.05) is 0 Å². The lowest BCUT2D eigenvalue weighted by Gasteiger charge is -2.28. The first-order chi connectivity index (χ1) is 10.5. The number of nitrogens with zero attached hydrogens (tertiary/aromatic N) is 2. The fourth-order valence-corrected chi connectivity index (χ4v) is 2.62. The van der Waals surface area contributed by atoms with Gasteiger partial charge in [0.1, 0.15) is 18.1 Å². The number of ether oxygens (including phenoxy) is 1. The SMILES string of the molecule is C=CC(=O)c1c[nH]c2ncnc(OC3CCC(F)(F)CC3)c12. The molecule has 1 saturated carbocycles. The molecule has 3 rings (SSSR count). The van der Waals surface area contributed by atoms with Crippen molar-refractivity contribution in [3.8, 4) is 5.88 Å². The minimum Gasteiger partial charge on any atom is -0.474 e. The van der Waals surface area contributed by atoms with Gasteiger partial charge in [-0.2, -0.15) is 0 Å². The van der Waals surface area contributed by atoms with E-state index in [-0.39, 0.29) is 43.5 Å². The van der Waals surface area contributed by atoms with E-state index in [1.807, 2.05) is 0 Å². The van der Waals surface area contributed by atoms with E-state index in [0.717, 1.165) is 0 Å². The van der Waals surface area contributed by atoms with Crippen molar-refractivity contribution in [2.24, 2.45) is 0 Å². The molecule has 5 nitrogen and oxygen atoms in total. The Morgan fingerprint density at radius 2 is 2.14 bits per heavy atom. The number of allylic oxidation sites excluding steroid dienone is 1. The fourth-order valence-electron chi connectivity index (χ4n) is 2.62. The molecular weight excluding hydrogens is 292 g/mol. The van der Waals surface area contributed by atoms with E-state index in [0.29, 0.717) is 16.6 Å². The summed E-state index contributed by atoms with van der Waals surface area (Å²) >= 11 is 0. The number of hydrogen-bond donors (Lipinski definition) is 1. The van der Waals surface area contributed by atoms with Crippen molar-refractivity contribution < 1.29 is 18.3 Å². The monoisotopic (exact) mass is 307 g/mol. The number of H-pyrrole nitrogens is 1. The molecule has 1 N–H and O–H groups in total. The van der Waals surface area contributed by atoms with Crippen molar-refractivity contribution in [3.05, 3.63) is 30.7 Å². The van der Waals surface area contributed by atoms with Crippen LogP contribution >= 0.6 is 0 Å². The minimum absolute atomic E-state index is 0.197. The standard InChI is InChI=1S/C15H15F2N3O2/c1-2-11(21)10-7-18-13-12(10)14(20-8-19-13)22-9-3-5-15(16,17)6-4-9/h2,7-9H,1,3-6H2,(H,18,19,20). The van der Waals surface area contributed by atoms with Gasteiger partial charge in [0.05, 0.1) is 10.9 Å². The number of hydrogen-bond acceptors (Lipinski definition) is 4. The Bertz CT molecular complexity index is 717. The van der Waals surface area contributed by atoms with E-state index in [2.05, 4.69) is 21.5 Å². The minimum atomic E-state index is -2.61. The lowest BCUT2D eigenvalue weighted by molar-refractivity contribution is -0.0586. The second-order valence-corrected chi connectivity index (χ2v) is 5.35. The van der Waals surface area contributed by atoms with Gasteiger partial charge in [-0.3, -0.25) is 4.79 Å². The molecule has 0 spiro atoms. The zero-order valence-electron chi connectivity index (χ0n) is 11.8. The molecule has 0 atom stereocenters. The van der Waals surface area contributed by atoms with Crippen molar-refractivity contribution in [1.29, 1.82) is 0 Å². The fraction of sp³-hybridized carbons (Fsp3) is 0.400. The molecule has 0 unspecified atom stereocenters. The molecule has 116 valence electrons. The van der Waals surface area contributed by atoms with Crippen LogP contribution in [0.1, 0.15) is 36.0 Å². The van der Waals surface area contributed by atoms with Crippen molar-refractivity contribution >= 4 is 16.8 Å². The Kier molecular flexibility index (Phi) is 3.64. The molecule has 0 aliphatic heterocycles. The molecule has 0 bridgehead atoms. The number of fused-ring (bicyclic) bond motifs is 1.